The van der Waals surface area contributed by atoms with E-state index in [0.717, 1.165) is 21.5 Å². The molecule has 0 bridgehead atoms. The Hall–Kier alpha value is -2.19. The molecule has 0 fully saturated rings. The summed E-state index contributed by atoms with van der Waals surface area (Å²) in [6.45, 7) is 1.50. The van der Waals surface area contributed by atoms with E-state index in [9.17, 15) is 0 Å². The maximum atomic E-state index is 8.88. The highest BCUT2D eigenvalue weighted by Crippen LogP contribution is 2.35. The average molecular weight is 346 g/mol. The lowest BCUT2D eigenvalue weighted by Crippen LogP contribution is -2.15. The Morgan fingerprint density at radius 3 is 2.67 bits per heavy atom. The minimum absolute atomic E-state index is 0.381. The van der Waals surface area contributed by atoms with Gasteiger partial charge in [0, 0.05) is 10.0 Å². The second kappa shape index (κ2) is 6.06. The summed E-state index contributed by atoms with van der Waals surface area (Å²) in [6.07, 6.45) is 0. The van der Waals surface area contributed by atoms with Gasteiger partial charge in [-0.15, -0.1) is 0 Å². The van der Waals surface area contributed by atoms with Crippen molar-refractivity contribution < 1.29 is 14.2 Å². The van der Waals surface area contributed by atoms with Gasteiger partial charge in [-0.05, 0) is 30.3 Å². The van der Waals surface area contributed by atoms with E-state index in [1.165, 1.54) is 0 Å². The van der Waals surface area contributed by atoms with Crippen molar-refractivity contribution in [1.29, 1.82) is 5.26 Å². The molecule has 0 amide bonds. The number of rotatable bonds is 3. The summed E-state index contributed by atoms with van der Waals surface area (Å²) in [5.74, 6) is 2.13. The molecule has 3 rings (SSSR count). The Bertz CT molecular complexity index is 709. The van der Waals surface area contributed by atoms with Crippen LogP contribution in [0.3, 0.4) is 0 Å². The molecule has 21 heavy (non-hydrogen) atoms. The molecule has 0 saturated carbocycles. The van der Waals surface area contributed by atoms with Gasteiger partial charge in [-0.2, -0.15) is 5.26 Å². The van der Waals surface area contributed by atoms with Crippen molar-refractivity contribution in [3.63, 3.8) is 0 Å². The summed E-state index contributed by atoms with van der Waals surface area (Å²) in [4.78, 5) is 0. The second-order valence-corrected chi connectivity index (χ2v) is 5.37. The summed E-state index contributed by atoms with van der Waals surface area (Å²) >= 11 is 3.51. The molecule has 0 unspecified atom stereocenters. The molecule has 2 aromatic rings. The van der Waals surface area contributed by atoms with Gasteiger partial charge < -0.3 is 14.2 Å². The first-order chi connectivity index (χ1) is 10.3. The van der Waals surface area contributed by atoms with Crippen molar-refractivity contribution in [2.75, 3.05) is 13.2 Å². The van der Waals surface area contributed by atoms with Crippen molar-refractivity contribution in [3.05, 3.63) is 52.0 Å². The van der Waals surface area contributed by atoms with Crippen LogP contribution in [0.5, 0.6) is 17.2 Å². The van der Waals surface area contributed by atoms with Gasteiger partial charge in [0.05, 0.1) is 11.6 Å². The van der Waals surface area contributed by atoms with E-state index >= 15 is 0 Å². The maximum Gasteiger partial charge on any atom is 0.162 e. The lowest BCUT2D eigenvalue weighted by molar-refractivity contribution is 0.171. The molecule has 0 atom stereocenters. The van der Waals surface area contributed by atoms with Crippen LogP contribution in [0.1, 0.15) is 11.1 Å². The molecule has 0 aromatic heterocycles. The first-order valence-corrected chi connectivity index (χ1v) is 7.26. The number of nitrogens with zero attached hydrogens (tertiary/aromatic N) is 1. The van der Waals surface area contributed by atoms with Crippen LogP contribution in [0.2, 0.25) is 0 Å². The van der Waals surface area contributed by atoms with Gasteiger partial charge in [0.25, 0.3) is 0 Å². The summed E-state index contributed by atoms with van der Waals surface area (Å²) in [6, 6.07) is 13.0. The number of fused-ring (bicyclic) bond motifs is 1. The van der Waals surface area contributed by atoms with Crippen molar-refractivity contribution in [1.82, 2.24) is 0 Å². The Morgan fingerprint density at radius 1 is 1.14 bits per heavy atom. The summed E-state index contributed by atoms with van der Waals surface area (Å²) < 4.78 is 17.7. The Kier molecular flexibility index (Phi) is 3.98. The van der Waals surface area contributed by atoms with Gasteiger partial charge in [0.1, 0.15) is 25.6 Å². The molecule has 106 valence electrons. The van der Waals surface area contributed by atoms with E-state index in [4.69, 9.17) is 19.5 Å². The fraction of sp³-hybridized carbons (Fsp3) is 0.188. The highest BCUT2D eigenvalue weighted by Gasteiger charge is 2.15. The monoisotopic (exact) mass is 345 g/mol. The zero-order chi connectivity index (χ0) is 14.7. The lowest BCUT2D eigenvalue weighted by Gasteiger charge is -2.20. The molecule has 4 nitrogen and oxygen atoms in total. The van der Waals surface area contributed by atoms with Crippen LogP contribution >= 0.6 is 15.9 Å². The highest BCUT2D eigenvalue weighted by molar-refractivity contribution is 9.10. The van der Waals surface area contributed by atoms with Crippen LogP contribution in [0.25, 0.3) is 0 Å². The van der Waals surface area contributed by atoms with Gasteiger partial charge in [-0.3, -0.25) is 0 Å². The van der Waals surface area contributed by atoms with Crippen molar-refractivity contribution >= 4 is 15.9 Å². The molecule has 0 aliphatic carbocycles. The molecule has 0 saturated heterocycles. The van der Waals surface area contributed by atoms with Crippen molar-refractivity contribution in [2.45, 2.75) is 6.61 Å². The van der Waals surface area contributed by atoms with E-state index in [2.05, 4.69) is 22.0 Å². The molecule has 0 radical (unpaired) electrons. The van der Waals surface area contributed by atoms with Crippen LogP contribution in [-0.2, 0) is 6.61 Å². The minimum atomic E-state index is 0.381. The third-order valence-electron chi connectivity index (χ3n) is 3.07. The Balaban J connectivity index is 1.77. The molecule has 1 heterocycles. The standard InChI is InChI=1S/C16H12BrNO3/c17-14-8-16-15(19-4-5-20-16)7-12(14)10-21-13-3-1-2-11(6-13)9-18/h1-3,6-8H,4-5,10H2. The van der Waals surface area contributed by atoms with Gasteiger partial charge >= 0.3 is 0 Å². The van der Waals surface area contributed by atoms with Crippen LogP contribution in [-0.4, -0.2) is 13.2 Å². The van der Waals surface area contributed by atoms with Crippen LogP contribution in [0.4, 0.5) is 0 Å². The van der Waals surface area contributed by atoms with E-state index in [-0.39, 0.29) is 0 Å². The molecular formula is C16H12BrNO3. The SMILES string of the molecule is N#Cc1cccc(OCc2cc3c(cc2Br)OCCO3)c1. The average Bonchev–Trinajstić information content (AvgIpc) is 2.53. The van der Waals surface area contributed by atoms with Crippen LogP contribution < -0.4 is 14.2 Å². The molecule has 1 aliphatic heterocycles. The van der Waals surface area contributed by atoms with Crippen LogP contribution in [0.15, 0.2) is 40.9 Å². The summed E-state index contributed by atoms with van der Waals surface area (Å²) in [7, 11) is 0. The molecule has 5 heteroatoms. The first kappa shape index (κ1) is 13.8. The normalized spacial score (nSPS) is 12.6. The van der Waals surface area contributed by atoms with E-state index in [0.29, 0.717) is 31.1 Å². The summed E-state index contributed by atoms with van der Waals surface area (Å²) in [5, 5.41) is 8.88. The third kappa shape index (κ3) is 3.11. The fourth-order valence-electron chi connectivity index (χ4n) is 2.03. The Morgan fingerprint density at radius 2 is 1.90 bits per heavy atom. The predicted molar refractivity (Wildman–Crippen MR) is 80.6 cm³/mol. The van der Waals surface area contributed by atoms with Gasteiger partial charge in [0.2, 0.25) is 0 Å². The zero-order valence-corrected chi connectivity index (χ0v) is 12.7. The first-order valence-electron chi connectivity index (χ1n) is 6.47. The summed E-state index contributed by atoms with van der Waals surface area (Å²) in [5.41, 5.74) is 1.54. The second-order valence-electron chi connectivity index (χ2n) is 4.52. The quantitative estimate of drug-likeness (QED) is 0.851. The molecule has 1 aliphatic rings. The number of nitriles is 1. The van der Waals surface area contributed by atoms with Gasteiger partial charge in [-0.25, -0.2) is 0 Å². The smallest absolute Gasteiger partial charge is 0.162 e. The van der Waals surface area contributed by atoms with E-state index < -0.39 is 0 Å². The van der Waals surface area contributed by atoms with Gasteiger partial charge in [0.15, 0.2) is 11.5 Å². The molecular weight excluding hydrogens is 334 g/mol. The molecule has 0 spiro atoms. The van der Waals surface area contributed by atoms with Crippen molar-refractivity contribution in [3.8, 4) is 23.3 Å². The largest absolute Gasteiger partial charge is 0.489 e. The van der Waals surface area contributed by atoms with Crippen LogP contribution in [0, 0.1) is 11.3 Å². The third-order valence-corrected chi connectivity index (χ3v) is 3.81. The van der Waals surface area contributed by atoms with E-state index in [1.54, 1.807) is 18.2 Å². The number of ether oxygens (including phenoxy) is 3. The lowest BCUT2D eigenvalue weighted by atomic mass is 10.2. The molecule has 2 aromatic carbocycles. The number of hydrogen-bond donors (Lipinski definition) is 0. The Labute approximate surface area is 131 Å². The zero-order valence-electron chi connectivity index (χ0n) is 11.1. The maximum absolute atomic E-state index is 8.88. The topological polar surface area (TPSA) is 51.5 Å². The van der Waals surface area contributed by atoms with Gasteiger partial charge in [-0.1, -0.05) is 22.0 Å². The van der Waals surface area contributed by atoms with E-state index in [1.807, 2.05) is 18.2 Å². The van der Waals surface area contributed by atoms with Crippen molar-refractivity contribution in [2.24, 2.45) is 0 Å². The molecule has 0 N–H and O–H groups in total. The highest BCUT2D eigenvalue weighted by atomic mass is 79.9. The number of hydrogen-bond acceptors (Lipinski definition) is 4. The fourth-order valence-corrected chi connectivity index (χ4v) is 2.47. The number of benzene rings is 2. The minimum Gasteiger partial charge on any atom is -0.489 e. The predicted octanol–water partition coefficient (Wildman–Crippen LogP) is 3.67. The number of halogens is 1.